The van der Waals surface area contributed by atoms with E-state index < -0.39 is 0 Å². The number of rotatable bonds is 8. The Kier molecular flexibility index (Phi) is 8.00. The Morgan fingerprint density at radius 2 is 1.13 bits per heavy atom. The zero-order chi connectivity index (χ0) is 15.7. The molecule has 1 aromatic rings. The Hall–Kier alpha value is 0.180. The first-order valence-electron chi connectivity index (χ1n) is 8.94. The molecule has 2 aliphatic heterocycles. The van der Waals surface area contributed by atoms with Crippen molar-refractivity contribution in [2.24, 2.45) is 0 Å². The molecule has 130 valence electrons. The van der Waals surface area contributed by atoms with Crippen LogP contribution in [0.25, 0.3) is 0 Å². The minimum absolute atomic E-state index is 1.14. The molecule has 0 bridgehead atoms. The summed E-state index contributed by atoms with van der Waals surface area (Å²) in [6, 6.07) is 0. The fraction of sp³-hybridized carbons (Fsp3) is 0.875. The van der Waals surface area contributed by atoms with Gasteiger partial charge in [-0.2, -0.15) is 0 Å². The first-order chi connectivity index (χ1) is 11.4. The van der Waals surface area contributed by atoms with E-state index >= 15 is 0 Å². The quantitative estimate of drug-likeness (QED) is 0.647. The normalized spacial score (nSPS) is 20.9. The zero-order valence-electron chi connectivity index (χ0n) is 13.9. The van der Waals surface area contributed by atoms with Crippen LogP contribution in [0, 0.1) is 0 Å². The molecular weight excluding hydrogens is 344 g/mol. The Labute approximate surface area is 152 Å². The molecule has 23 heavy (non-hydrogen) atoms. The van der Waals surface area contributed by atoms with E-state index in [4.69, 9.17) is 0 Å². The molecule has 7 heteroatoms. The highest BCUT2D eigenvalue weighted by Crippen LogP contribution is 2.29. The largest absolute Gasteiger partial charge is 0.303 e. The fourth-order valence-corrected chi connectivity index (χ4v) is 6.37. The third-order valence-electron chi connectivity index (χ3n) is 4.55. The van der Waals surface area contributed by atoms with Gasteiger partial charge in [-0.25, -0.2) is 0 Å². The van der Waals surface area contributed by atoms with Gasteiger partial charge in [0.15, 0.2) is 8.68 Å². The Morgan fingerprint density at radius 3 is 1.57 bits per heavy atom. The minimum atomic E-state index is 1.14. The van der Waals surface area contributed by atoms with Crippen molar-refractivity contribution in [1.82, 2.24) is 20.0 Å². The molecule has 1 aromatic heterocycles. The van der Waals surface area contributed by atoms with Crippen LogP contribution in [0.4, 0.5) is 0 Å². The molecule has 0 amide bonds. The topological polar surface area (TPSA) is 32.3 Å². The predicted molar refractivity (Wildman–Crippen MR) is 102 cm³/mol. The lowest BCUT2D eigenvalue weighted by molar-refractivity contribution is 0.242. The standard InChI is InChI=1S/C16H28N4S3/c1-3-7-19(8-4-1)11-13-21-15-17-18-16(23-15)22-14-12-20-9-5-2-6-10-20/h1-14H2. The zero-order valence-corrected chi connectivity index (χ0v) is 16.4. The Bertz CT molecular complexity index is 404. The van der Waals surface area contributed by atoms with E-state index in [1.165, 1.54) is 77.8 Å². The summed E-state index contributed by atoms with van der Waals surface area (Å²) in [7, 11) is 0. The summed E-state index contributed by atoms with van der Waals surface area (Å²) in [5, 5.41) is 8.69. The van der Waals surface area contributed by atoms with Crippen molar-refractivity contribution in [1.29, 1.82) is 0 Å². The molecule has 3 heterocycles. The molecule has 3 rings (SSSR count). The average molecular weight is 373 g/mol. The molecule has 0 unspecified atom stereocenters. The summed E-state index contributed by atoms with van der Waals surface area (Å²) in [5.74, 6) is 2.29. The first-order valence-corrected chi connectivity index (χ1v) is 11.7. The summed E-state index contributed by atoms with van der Waals surface area (Å²) < 4.78 is 2.28. The van der Waals surface area contributed by atoms with E-state index in [1.807, 2.05) is 23.5 Å². The SMILES string of the molecule is C1CCN(CCSc2nnc(SCCN3CCCCC3)s2)CC1. The highest BCUT2D eigenvalue weighted by atomic mass is 32.2. The number of aromatic nitrogens is 2. The van der Waals surface area contributed by atoms with Gasteiger partial charge in [0.2, 0.25) is 0 Å². The highest BCUT2D eigenvalue weighted by molar-refractivity contribution is 8.03. The van der Waals surface area contributed by atoms with Gasteiger partial charge < -0.3 is 9.80 Å². The number of nitrogens with zero attached hydrogens (tertiary/aromatic N) is 4. The van der Waals surface area contributed by atoms with Crippen LogP contribution in [-0.2, 0) is 0 Å². The van der Waals surface area contributed by atoms with Crippen molar-refractivity contribution in [2.75, 3.05) is 50.8 Å². The summed E-state index contributed by atoms with van der Waals surface area (Å²) in [4.78, 5) is 5.18. The number of hydrogen-bond acceptors (Lipinski definition) is 7. The van der Waals surface area contributed by atoms with Crippen molar-refractivity contribution in [3.63, 3.8) is 0 Å². The van der Waals surface area contributed by atoms with E-state index in [1.54, 1.807) is 11.3 Å². The van der Waals surface area contributed by atoms with Gasteiger partial charge in [-0.15, -0.1) is 10.2 Å². The summed E-state index contributed by atoms with van der Waals surface area (Å²) in [6.07, 6.45) is 8.33. The number of thioether (sulfide) groups is 2. The smallest absolute Gasteiger partial charge is 0.175 e. The van der Waals surface area contributed by atoms with E-state index in [0.717, 1.165) is 20.2 Å². The Balaban J connectivity index is 1.29. The molecule has 0 aromatic carbocycles. The lowest BCUT2D eigenvalue weighted by Crippen LogP contribution is -2.31. The summed E-state index contributed by atoms with van der Waals surface area (Å²) in [6.45, 7) is 7.54. The molecule has 4 nitrogen and oxygen atoms in total. The molecule has 2 aliphatic rings. The molecule has 0 N–H and O–H groups in total. The van der Waals surface area contributed by atoms with Crippen LogP contribution in [0.5, 0.6) is 0 Å². The Morgan fingerprint density at radius 1 is 0.696 bits per heavy atom. The number of hydrogen-bond donors (Lipinski definition) is 0. The number of likely N-dealkylation sites (tertiary alicyclic amines) is 2. The molecule has 2 fully saturated rings. The van der Waals surface area contributed by atoms with Gasteiger partial charge in [-0.3, -0.25) is 0 Å². The van der Waals surface area contributed by atoms with Gasteiger partial charge in [-0.05, 0) is 51.9 Å². The lowest BCUT2D eigenvalue weighted by Gasteiger charge is -2.25. The molecule has 0 atom stereocenters. The number of piperidine rings is 2. The van der Waals surface area contributed by atoms with Crippen molar-refractivity contribution in [2.45, 2.75) is 47.2 Å². The maximum absolute atomic E-state index is 4.34. The second-order valence-corrected chi connectivity index (χ2v) is 10.00. The van der Waals surface area contributed by atoms with E-state index in [-0.39, 0.29) is 0 Å². The van der Waals surface area contributed by atoms with Gasteiger partial charge >= 0.3 is 0 Å². The van der Waals surface area contributed by atoms with E-state index in [2.05, 4.69) is 20.0 Å². The van der Waals surface area contributed by atoms with Crippen LogP contribution in [0.3, 0.4) is 0 Å². The maximum Gasteiger partial charge on any atom is 0.175 e. The van der Waals surface area contributed by atoms with Gasteiger partial charge in [0.25, 0.3) is 0 Å². The molecular formula is C16H28N4S3. The van der Waals surface area contributed by atoms with Gasteiger partial charge in [0, 0.05) is 24.6 Å². The maximum atomic E-state index is 4.34. The minimum Gasteiger partial charge on any atom is -0.303 e. The third-order valence-corrected chi connectivity index (χ3v) is 7.70. The monoisotopic (exact) mass is 372 g/mol. The average Bonchev–Trinajstić information content (AvgIpc) is 3.05. The second-order valence-electron chi connectivity index (χ2n) is 6.34. The molecule has 0 aliphatic carbocycles. The van der Waals surface area contributed by atoms with Crippen LogP contribution >= 0.6 is 34.9 Å². The van der Waals surface area contributed by atoms with E-state index in [9.17, 15) is 0 Å². The molecule has 0 spiro atoms. The molecule has 0 saturated carbocycles. The van der Waals surface area contributed by atoms with Gasteiger partial charge in [-0.1, -0.05) is 47.7 Å². The van der Waals surface area contributed by atoms with E-state index in [0.29, 0.717) is 0 Å². The van der Waals surface area contributed by atoms with Crippen molar-refractivity contribution in [3.8, 4) is 0 Å². The van der Waals surface area contributed by atoms with Crippen molar-refractivity contribution < 1.29 is 0 Å². The van der Waals surface area contributed by atoms with Gasteiger partial charge in [0.1, 0.15) is 0 Å². The molecule has 2 saturated heterocycles. The van der Waals surface area contributed by atoms with Crippen LogP contribution < -0.4 is 0 Å². The third kappa shape index (κ3) is 6.53. The fourth-order valence-electron chi connectivity index (χ4n) is 3.20. The van der Waals surface area contributed by atoms with Crippen LogP contribution in [0.2, 0.25) is 0 Å². The highest BCUT2D eigenvalue weighted by Gasteiger charge is 2.12. The van der Waals surface area contributed by atoms with Gasteiger partial charge in [0.05, 0.1) is 0 Å². The predicted octanol–water partition coefficient (Wildman–Crippen LogP) is 3.69. The van der Waals surface area contributed by atoms with Crippen molar-refractivity contribution >= 4 is 34.9 Å². The van der Waals surface area contributed by atoms with Crippen molar-refractivity contribution in [3.05, 3.63) is 0 Å². The summed E-state index contributed by atoms with van der Waals surface area (Å²) in [5.41, 5.74) is 0. The van der Waals surface area contributed by atoms with Crippen LogP contribution in [0.1, 0.15) is 38.5 Å². The lowest BCUT2D eigenvalue weighted by atomic mass is 10.1. The molecule has 0 radical (unpaired) electrons. The van der Waals surface area contributed by atoms with Crippen LogP contribution in [-0.4, -0.2) is 70.8 Å². The van der Waals surface area contributed by atoms with Crippen LogP contribution in [0.15, 0.2) is 8.68 Å². The first kappa shape index (κ1) is 18.0. The summed E-state index contributed by atoms with van der Waals surface area (Å²) >= 11 is 5.52. The second kappa shape index (κ2) is 10.2.